The standard InChI is InChI=1S/C21H23N3O3.C4H4O4/c1-13-9-15(10-17(21(25)26)19(13)27-3)11-22-14(2)20-23-12-18(24-20)16-7-5-4-6-8-16;5-3(6)1-2-4(7)8/h4-10,12,14,22H,11H2,1-3H3,(H,23,24)(H,25,26);1-2H,(H,5,6)(H,7,8)/b;2-1-. The fourth-order valence-corrected chi connectivity index (χ4v) is 3.21. The molecule has 0 saturated carbocycles. The van der Waals surface area contributed by atoms with E-state index in [9.17, 15) is 19.5 Å². The fourth-order valence-electron chi connectivity index (χ4n) is 3.21. The van der Waals surface area contributed by atoms with Gasteiger partial charge in [0.25, 0.3) is 0 Å². The minimum Gasteiger partial charge on any atom is -0.496 e. The normalized spacial score (nSPS) is 11.4. The highest BCUT2D eigenvalue weighted by molar-refractivity contribution is 5.91. The highest BCUT2D eigenvalue weighted by atomic mass is 16.5. The number of hydrogen-bond acceptors (Lipinski definition) is 6. The van der Waals surface area contributed by atoms with Crippen LogP contribution in [0.15, 0.2) is 60.8 Å². The summed E-state index contributed by atoms with van der Waals surface area (Å²) < 4.78 is 5.22. The summed E-state index contributed by atoms with van der Waals surface area (Å²) in [6.45, 7) is 4.38. The minimum absolute atomic E-state index is 0.0156. The molecule has 0 saturated heterocycles. The van der Waals surface area contributed by atoms with Crippen molar-refractivity contribution in [2.24, 2.45) is 0 Å². The van der Waals surface area contributed by atoms with E-state index in [4.69, 9.17) is 14.9 Å². The molecule has 0 amide bonds. The molecule has 0 aliphatic carbocycles. The summed E-state index contributed by atoms with van der Waals surface area (Å²) in [7, 11) is 1.48. The number of methoxy groups -OCH3 is 1. The number of aromatic carboxylic acids is 1. The molecule has 0 aliphatic heterocycles. The second kappa shape index (κ2) is 12.7. The number of hydrogen-bond donors (Lipinski definition) is 5. The SMILES string of the molecule is COc1c(C)cc(CNC(C)c2nc(-c3ccccc3)c[nH]2)cc1C(=O)O.O=C(O)/C=C\C(=O)O. The monoisotopic (exact) mass is 481 g/mol. The van der Waals surface area contributed by atoms with Crippen molar-refractivity contribution in [3.63, 3.8) is 0 Å². The van der Waals surface area contributed by atoms with Crippen LogP contribution < -0.4 is 10.1 Å². The first-order valence-electron chi connectivity index (χ1n) is 10.5. The van der Waals surface area contributed by atoms with Gasteiger partial charge in [0.2, 0.25) is 0 Å². The number of H-pyrrole nitrogens is 1. The zero-order chi connectivity index (χ0) is 26.0. The highest BCUT2D eigenvalue weighted by Gasteiger charge is 2.16. The molecule has 1 unspecified atom stereocenters. The number of aromatic nitrogens is 2. The van der Waals surface area contributed by atoms with Gasteiger partial charge < -0.3 is 30.4 Å². The number of carboxylic acids is 3. The summed E-state index contributed by atoms with van der Waals surface area (Å²) in [5, 5.41) is 28.4. The number of aryl methyl sites for hydroxylation is 1. The van der Waals surface area contributed by atoms with E-state index >= 15 is 0 Å². The number of carboxylic acid groups (broad SMARTS) is 3. The third-order valence-corrected chi connectivity index (χ3v) is 4.83. The first kappa shape index (κ1) is 26.8. The number of aliphatic carboxylic acids is 2. The van der Waals surface area contributed by atoms with E-state index < -0.39 is 17.9 Å². The van der Waals surface area contributed by atoms with E-state index in [1.807, 2.05) is 56.4 Å². The van der Waals surface area contributed by atoms with Crippen LogP contribution in [0, 0.1) is 6.92 Å². The van der Waals surface area contributed by atoms with Gasteiger partial charge in [-0.1, -0.05) is 36.4 Å². The molecule has 0 fully saturated rings. The summed E-state index contributed by atoms with van der Waals surface area (Å²) in [5.74, 6) is -2.28. The number of nitrogens with zero attached hydrogens (tertiary/aromatic N) is 1. The highest BCUT2D eigenvalue weighted by Crippen LogP contribution is 2.26. The van der Waals surface area contributed by atoms with Crippen LogP contribution in [0.5, 0.6) is 5.75 Å². The van der Waals surface area contributed by atoms with Crippen LogP contribution in [0.4, 0.5) is 0 Å². The zero-order valence-electron chi connectivity index (χ0n) is 19.5. The second-order valence-electron chi connectivity index (χ2n) is 7.45. The van der Waals surface area contributed by atoms with Crippen LogP contribution in [-0.4, -0.2) is 50.3 Å². The lowest BCUT2D eigenvalue weighted by atomic mass is 10.0. The summed E-state index contributed by atoms with van der Waals surface area (Å²) >= 11 is 0. The Balaban J connectivity index is 0.000000466. The molecule has 10 heteroatoms. The number of aromatic amines is 1. The topological polar surface area (TPSA) is 162 Å². The van der Waals surface area contributed by atoms with Crippen molar-refractivity contribution in [2.45, 2.75) is 26.4 Å². The Bertz CT molecular complexity index is 1190. The summed E-state index contributed by atoms with van der Waals surface area (Å²) in [5.41, 5.74) is 3.81. The molecule has 10 nitrogen and oxygen atoms in total. The number of nitrogens with one attached hydrogen (secondary N) is 2. The molecule has 1 atom stereocenters. The number of rotatable bonds is 9. The maximum atomic E-state index is 11.5. The molecular formula is C25H27N3O7. The summed E-state index contributed by atoms with van der Waals surface area (Å²) in [4.78, 5) is 38.4. The molecule has 0 radical (unpaired) electrons. The number of ether oxygens (including phenoxy) is 1. The van der Waals surface area contributed by atoms with Crippen molar-refractivity contribution in [3.8, 4) is 17.0 Å². The first-order chi connectivity index (χ1) is 16.6. The lowest BCUT2D eigenvalue weighted by Gasteiger charge is -2.14. The maximum Gasteiger partial charge on any atom is 0.339 e. The predicted octanol–water partition coefficient (Wildman–Crippen LogP) is 3.65. The largest absolute Gasteiger partial charge is 0.496 e. The van der Waals surface area contributed by atoms with Crippen LogP contribution in [0.1, 0.15) is 40.3 Å². The summed E-state index contributed by atoms with van der Waals surface area (Å²) in [6.07, 6.45) is 3.01. The van der Waals surface area contributed by atoms with E-state index in [1.165, 1.54) is 7.11 Å². The number of carbonyl (C=O) groups is 3. The van der Waals surface area contributed by atoms with Gasteiger partial charge in [-0.2, -0.15) is 0 Å². The van der Waals surface area contributed by atoms with E-state index in [-0.39, 0.29) is 11.6 Å². The Kier molecular flexibility index (Phi) is 9.73. The molecule has 1 aromatic heterocycles. The molecule has 184 valence electrons. The third-order valence-electron chi connectivity index (χ3n) is 4.83. The molecule has 3 rings (SSSR count). The van der Waals surface area contributed by atoms with Gasteiger partial charge >= 0.3 is 17.9 Å². The van der Waals surface area contributed by atoms with Gasteiger partial charge in [-0.25, -0.2) is 19.4 Å². The Labute approximate surface area is 201 Å². The van der Waals surface area contributed by atoms with Crippen LogP contribution in [-0.2, 0) is 16.1 Å². The van der Waals surface area contributed by atoms with Gasteiger partial charge in [0.1, 0.15) is 17.1 Å². The molecule has 3 aromatic rings. The molecule has 35 heavy (non-hydrogen) atoms. The van der Waals surface area contributed by atoms with E-state index in [2.05, 4.69) is 15.3 Å². The van der Waals surface area contributed by atoms with E-state index in [1.54, 1.807) is 6.07 Å². The molecular weight excluding hydrogens is 454 g/mol. The number of imidazole rings is 1. The van der Waals surface area contributed by atoms with Crippen molar-refractivity contribution in [2.75, 3.05) is 7.11 Å². The molecule has 0 spiro atoms. The molecule has 2 aromatic carbocycles. The van der Waals surface area contributed by atoms with Crippen molar-refractivity contribution in [3.05, 3.63) is 83.3 Å². The van der Waals surface area contributed by atoms with Crippen molar-refractivity contribution < 1.29 is 34.4 Å². The second-order valence-corrected chi connectivity index (χ2v) is 7.45. The van der Waals surface area contributed by atoms with E-state index in [0.717, 1.165) is 28.2 Å². The Morgan fingerprint density at radius 3 is 2.26 bits per heavy atom. The Morgan fingerprint density at radius 2 is 1.71 bits per heavy atom. The van der Waals surface area contributed by atoms with Crippen molar-refractivity contribution in [1.29, 1.82) is 0 Å². The van der Waals surface area contributed by atoms with Crippen molar-refractivity contribution in [1.82, 2.24) is 15.3 Å². The van der Waals surface area contributed by atoms with Crippen molar-refractivity contribution >= 4 is 17.9 Å². The first-order valence-corrected chi connectivity index (χ1v) is 10.5. The lowest BCUT2D eigenvalue weighted by molar-refractivity contribution is -0.134. The lowest BCUT2D eigenvalue weighted by Crippen LogP contribution is -2.19. The van der Waals surface area contributed by atoms with Crippen LogP contribution in [0.3, 0.4) is 0 Å². The van der Waals surface area contributed by atoms with Gasteiger partial charge in [0, 0.05) is 30.5 Å². The molecule has 0 aliphatic rings. The Morgan fingerprint density at radius 1 is 1.09 bits per heavy atom. The zero-order valence-corrected chi connectivity index (χ0v) is 19.5. The number of benzene rings is 2. The molecule has 0 bridgehead atoms. The average molecular weight is 482 g/mol. The van der Waals surface area contributed by atoms with Gasteiger partial charge in [-0.05, 0) is 31.0 Å². The maximum absolute atomic E-state index is 11.5. The van der Waals surface area contributed by atoms with Crippen LogP contribution in [0.2, 0.25) is 0 Å². The van der Waals surface area contributed by atoms with Gasteiger partial charge in [0.15, 0.2) is 0 Å². The fraction of sp³-hybridized carbons (Fsp3) is 0.200. The molecule has 5 N–H and O–H groups in total. The summed E-state index contributed by atoms with van der Waals surface area (Å²) in [6, 6.07) is 13.5. The van der Waals surface area contributed by atoms with Gasteiger partial charge in [0.05, 0.1) is 18.8 Å². The quantitative estimate of drug-likeness (QED) is 0.287. The van der Waals surface area contributed by atoms with Gasteiger partial charge in [-0.3, -0.25) is 0 Å². The van der Waals surface area contributed by atoms with E-state index in [0.29, 0.717) is 24.4 Å². The average Bonchev–Trinajstić information content (AvgIpc) is 3.32. The minimum atomic E-state index is -1.26. The van der Waals surface area contributed by atoms with Crippen LogP contribution in [0.25, 0.3) is 11.3 Å². The molecule has 1 heterocycles. The Hall–Kier alpha value is -4.44. The smallest absolute Gasteiger partial charge is 0.339 e. The van der Waals surface area contributed by atoms with Crippen LogP contribution >= 0.6 is 0 Å². The third kappa shape index (κ3) is 8.13. The predicted molar refractivity (Wildman–Crippen MR) is 128 cm³/mol. The van der Waals surface area contributed by atoms with Gasteiger partial charge in [-0.15, -0.1) is 0 Å².